The van der Waals surface area contributed by atoms with Crippen molar-refractivity contribution in [1.82, 2.24) is 0 Å². The number of fused-ring (bicyclic) bond motifs is 1. The Balaban J connectivity index is 1.88. The number of ketones is 1. The van der Waals surface area contributed by atoms with Crippen molar-refractivity contribution < 1.29 is 30.0 Å². The SMILES string of the molecule is Cc1cc(O)cc(O)c1Cc1c(O)c2c(c(C(=O)/C=C/c3ccccc3)c1O)OC(C)(C)C=C2. The fourth-order valence-corrected chi connectivity index (χ4v) is 4.02. The largest absolute Gasteiger partial charge is 0.508 e. The average Bonchev–Trinajstić information content (AvgIpc) is 2.76. The summed E-state index contributed by atoms with van der Waals surface area (Å²) in [7, 11) is 0. The number of benzene rings is 3. The van der Waals surface area contributed by atoms with Crippen LogP contribution in [0.4, 0.5) is 0 Å². The van der Waals surface area contributed by atoms with E-state index in [2.05, 4.69) is 0 Å². The average molecular weight is 459 g/mol. The molecule has 0 aromatic heterocycles. The van der Waals surface area contributed by atoms with Crippen LogP contribution < -0.4 is 4.74 Å². The molecule has 3 aromatic rings. The maximum absolute atomic E-state index is 13.3. The van der Waals surface area contributed by atoms with E-state index in [-0.39, 0.29) is 46.1 Å². The highest BCUT2D eigenvalue weighted by Crippen LogP contribution is 2.48. The summed E-state index contributed by atoms with van der Waals surface area (Å²) in [4.78, 5) is 13.3. The Bertz CT molecular complexity index is 1310. The van der Waals surface area contributed by atoms with Crippen molar-refractivity contribution in [2.45, 2.75) is 32.8 Å². The summed E-state index contributed by atoms with van der Waals surface area (Å²) in [5.74, 6) is -1.33. The molecular formula is C28H26O6. The molecule has 0 amide bonds. The van der Waals surface area contributed by atoms with Gasteiger partial charge in [0.25, 0.3) is 0 Å². The van der Waals surface area contributed by atoms with Gasteiger partial charge in [0.1, 0.15) is 39.9 Å². The molecule has 4 rings (SSSR count). The summed E-state index contributed by atoms with van der Waals surface area (Å²) in [6, 6.07) is 11.9. The summed E-state index contributed by atoms with van der Waals surface area (Å²) in [6.07, 6.45) is 6.35. The van der Waals surface area contributed by atoms with Crippen LogP contribution in [0.25, 0.3) is 12.2 Å². The lowest BCUT2D eigenvalue weighted by Crippen LogP contribution is -2.28. The van der Waals surface area contributed by atoms with Crippen LogP contribution in [0.1, 0.15) is 52.0 Å². The van der Waals surface area contributed by atoms with Crippen molar-refractivity contribution in [3.05, 3.63) is 88.0 Å². The first-order chi connectivity index (χ1) is 16.1. The summed E-state index contributed by atoms with van der Waals surface area (Å²) in [5, 5.41) is 42.4. The van der Waals surface area contributed by atoms with Crippen molar-refractivity contribution >= 4 is 17.9 Å². The highest BCUT2D eigenvalue weighted by molar-refractivity contribution is 6.12. The Kier molecular flexibility index (Phi) is 5.83. The van der Waals surface area contributed by atoms with Gasteiger partial charge in [-0.25, -0.2) is 0 Å². The zero-order valence-corrected chi connectivity index (χ0v) is 19.2. The number of aryl methyl sites for hydroxylation is 1. The second-order valence-electron chi connectivity index (χ2n) is 8.88. The van der Waals surface area contributed by atoms with Gasteiger partial charge in [-0.1, -0.05) is 36.4 Å². The molecule has 0 aliphatic carbocycles. The Morgan fingerprint density at radius 1 is 1.00 bits per heavy atom. The normalized spacial score (nSPS) is 14.1. The van der Waals surface area contributed by atoms with E-state index in [1.54, 1.807) is 39.0 Å². The third-order valence-corrected chi connectivity index (χ3v) is 5.81. The van der Waals surface area contributed by atoms with Crippen LogP contribution >= 0.6 is 0 Å². The first-order valence-corrected chi connectivity index (χ1v) is 10.9. The van der Waals surface area contributed by atoms with Gasteiger partial charge in [0.15, 0.2) is 5.78 Å². The van der Waals surface area contributed by atoms with E-state index in [1.807, 2.05) is 30.3 Å². The summed E-state index contributed by atoms with van der Waals surface area (Å²) in [6.45, 7) is 5.31. The molecule has 1 aliphatic heterocycles. The van der Waals surface area contributed by atoms with E-state index < -0.39 is 17.1 Å². The topological polar surface area (TPSA) is 107 Å². The van der Waals surface area contributed by atoms with Gasteiger partial charge >= 0.3 is 0 Å². The van der Waals surface area contributed by atoms with Crippen molar-refractivity contribution in [1.29, 1.82) is 0 Å². The Hall–Kier alpha value is -4.19. The fraction of sp³-hybridized carbons (Fsp3) is 0.179. The minimum Gasteiger partial charge on any atom is -0.508 e. The number of hydrogen-bond acceptors (Lipinski definition) is 6. The molecule has 0 saturated carbocycles. The van der Waals surface area contributed by atoms with Crippen LogP contribution in [0.2, 0.25) is 0 Å². The molecule has 1 heterocycles. The molecule has 6 heteroatoms. The number of carbonyl (C=O) groups excluding carboxylic acids is 1. The van der Waals surface area contributed by atoms with Gasteiger partial charge in [-0.2, -0.15) is 0 Å². The molecule has 4 N–H and O–H groups in total. The molecule has 34 heavy (non-hydrogen) atoms. The number of phenols is 4. The molecule has 3 aromatic carbocycles. The number of aromatic hydroxyl groups is 4. The van der Waals surface area contributed by atoms with E-state index in [1.165, 1.54) is 18.2 Å². The van der Waals surface area contributed by atoms with Crippen LogP contribution in [0, 0.1) is 6.92 Å². The molecule has 0 unspecified atom stereocenters. The smallest absolute Gasteiger partial charge is 0.193 e. The molecule has 6 nitrogen and oxygen atoms in total. The molecule has 174 valence electrons. The number of phenolic OH excluding ortho intramolecular Hbond substituents is 4. The van der Waals surface area contributed by atoms with Crippen LogP contribution in [-0.4, -0.2) is 31.8 Å². The van der Waals surface area contributed by atoms with E-state index in [0.717, 1.165) is 5.56 Å². The Morgan fingerprint density at radius 2 is 1.71 bits per heavy atom. The highest BCUT2D eigenvalue weighted by Gasteiger charge is 2.33. The fourth-order valence-electron chi connectivity index (χ4n) is 4.02. The molecule has 0 spiro atoms. The number of allylic oxidation sites excluding steroid dienone is 1. The van der Waals surface area contributed by atoms with Gasteiger partial charge in [-0.15, -0.1) is 0 Å². The minimum absolute atomic E-state index is 0.0664. The molecule has 0 radical (unpaired) electrons. The highest BCUT2D eigenvalue weighted by atomic mass is 16.5. The lowest BCUT2D eigenvalue weighted by molar-refractivity contribution is 0.103. The zero-order chi connectivity index (χ0) is 24.6. The van der Waals surface area contributed by atoms with Crippen LogP contribution in [-0.2, 0) is 6.42 Å². The lowest BCUT2D eigenvalue weighted by Gasteiger charge is -2.30. The summed E-state index contributed by atoms with van der Waals surface area (Å²) < 4.78 is 6.01. The zero-order valence-electron chi connectivity index (χ0n) is 19.2. The monoisotopic (exact) mass is 458 g/mol. The number of carbonyl (C=O) groups is 1. The quantitative estimate of drug-likeness (QED) is 0.298. The molecule has 0 fully saturated rings. The number of hydrogen-bond donors (Lipinski definition) is 4. The van der Waals surface area contributed by atoms with Gasteiger partial charge in [-0.3, -0.25) is 4.79 Å². The van der Waals surface area contributed by atoms with Crippen LogP contribution in [0.5, 0.6) is 28.7 Å². The Morgan fingerprint density at radius 3 is 2.38 bits per heavy atom. The van der Waals surface area contributed by atoms with E-state index in [4.69, 9.17) is 4.74 Å². The minimum atomic E-state index is -0.753. The Labute approximate surface area is 197 Å². The molecular weight excluding hydrogens is 432 g/mol. The summed E-state index contributed by atoms with van der Waals surface area (Å²) >= 11 is 0. The van der Waals surface area contributed by atoms with Crippen LogP contribution in [0.15, 0.2) is 54.6 Å². The predicted octanol–water partition coefficient (Wildman–Crippen LogP) is 5.49. The summed E-state index contributed by atoms with van der Waals surface area (Å²) in [5.41, 5.74) is 1.32. The van der Waals surface area contributed by atoms with Crippen molar-refractivity contribution in [3.63, 3.8) is 0 Å². The van der Waals surface area contributed by atoms with E-state index in [0.29, 0.717) is 11.1 Å². The van der Waals surface area contributed by atoms with Gasteiger partial charge in [0.2, 0.25) is 0 Å². The predicted molar refractivity (Wildman–Crippen MR) is 131 cm³/mol. The molecule has 0 saturated heterocycles. The maximum Gasteiger partial charge on any atom is 0.193 e. The van der Waals surface area contributed by atoms with E-state index in [9.17, 15) is 25.2 Å². The van der Waals surface area contributed by atoms with Crippen LogP contribution in [0.3, 0.4) is 0 Å². The van der Waals surface area contributed by atoms with Crippen molar-refractivity contribution in [3.8, 4) is 28.7 Å². The van der Waals surface area contributed by atoms with Gasteiger partial charge in [0, 0.05) is 23.6 Å². The second kappa shape index (κ2) is 8.63. The number of rotatable bonds is 5. The maximum atomic E-state index is 13.3. The standard InChI is InChI=1S/C28H26O6/c1-16-13-18(29)14-23(31)20(16)15-21-25(32)19-11-12-28(2,3)34-27(19)24(26(21)33)22(30)10-9-17-7-5-4-6-8-17/h4-14,29,31-33H,15H2,1-3H3/b10-9+. The van der Waals surface area contributed by atoms with E-state index >= 15 is 0 Å². The van der Waals surface area contributed by atoms with Gasteiger partial charge in [0.05, 0.1) is 5.56 Å². The first kappa shape index (κ1) is 23.0. The third kappa shape index (κ3) is 4.35. The lowest BCUT2D eigenvalue weighted by atomic mass is 9.89. The van der Waals surface area contributed by atoms with Gasteiger partial charge < -0.3 is 25.2 Å². The number of ether oxygens (including phenoxy) is 1. The van der Waals surface area contributed by atoms with Crippen molar-refractivity contribution in [2.24, 2.45) is 0 Å². The molecule has 0 atom stereocenters. The second-order valence-corrected chi connectivity index (χ2v) is 8.88. The molecule has 0 bridgehead atoms. The molecule has 1 aliphatic rings. The first-order valence-electron chi connectivity index (χ1n) is 10.9. The van der Waals surface area contributed by atoms with Crippen molar-refractivity contribution in [2.75, 3.05) is 0 Å². The third-order valence-electron chi connectivity index (χ3n) is 5.81. The van der Waals surface area contributed by atoms with Gasteiger partial charge in [-0.05, 0) is 56.2 Å².